The maximum atomic E-state index is 12.0. The van der Waals surface area contributed by atoms with E-state index in [2.05, 4.69) is 13.8 Å². The first-order valence-electron chi connectivity index (χ1n) is 12.4. The molecule has 0 aliphatic carbocycles. The molecule has 31 heavy (non-hydrogen) atoms. The fourth-order valence-electron chi connectivity index (χ4n) is 3.46. The van der Waals surface area contributed by atoms with Gasteiger partial charge in [-0.05, 0) is 50.4 Å². The Kier molecular flexibility index (Phi) is 21.3. The topological polar surface area (TPSA) is 71.1 Å². The Balaban J connectivity index is 3.87. The van der Waals surface area contributed by atoms with Crippen LogP contribution >= 0.6 is 0 Å². The Morgan fingerprint density at radius 2 is 1.03 bits per heavy atom. The Bertz CT molecular complexity index is 372. The number of rotatable bonds is 22. The van der Waals surface area contributed by atoms with Gasteiger partial charge in [0.1, 0.15) is 0 Å². The van der Waals surface area contributed by atoms with Gasteiger partial charge in [0.25, 0.3) is 0 Å². The molecule has 0 aliphatic heterocycles. The van der Waals surface area contributed by atoms with Crippen molar-refractivity contribution in [3.63, 3.8) is 0 Å². The molecule has 0 aliphatic rings. The molecule has 2 unspecified atom stereocenters. The van der Waals surface area contributed by atoms with Gasteiger partial charge in [0.05, 0.1) is 13.2 Å². The van der Waals surface area contributed by atoms with Crippen LogP contribution in [0.3, 0.4) is 0 Å². The van der Waals surface area contributed by atoms with Gasteiger partial charge in [-0.2, -0.15) is 0 Å². The second-order valence-electron chi connectivity index (χ2n) is 8.51. The third kappa shape index (κ3) is 19.3. The number of hydrogen-bond acceptors (Lipinski definition) is 6. The van der Waals surface area contributed by atoms with Crippen molar-refractivity contribution in [1.82, 2.24) is 0 Å². The second kappa shape index (κ2) is 22.1. The fourth-order valence-corrected chi connectivity index (χ4v) is 3.46. The maximum Gasteiger partial charge on any atom is 0.305 e. The van der Waals surface area contributed by atoms with Crippen LogP contribution in [0.4, 0.5) is 0 Å². The zero-order valence-corrected chi connectivity index (χ0v) is 20.6. The molecule has 0 aromatic rings. The summed E-state index contributed by atoms with van der Waals surface area (Å²) in [5.41, 5.74) is 0. The molecule has 6 nitrogen and oxygen atoms in total. The lowest BCUT2D eigenvalue weighted by molar-refractivity contribution is -0.145. The molecule has 0 N–H and O–H groups in total. The average molecular weight is 445 g/mol. The highest BCUT2D eigenvalue weighted by Crippen LogP contribution is 2.16. The SMILES string of the molecule is CCCCC(CCOC)COC(=O)CCCCCC(=O)OCC(CCCC)CCOC. The number of ether oxygens (including phenoxy) is 4. The monoisotopic (exact) mass is 444 g/mol. The molecule has 6 heteroatoms. The minimum atomic E-state index is -0.140. The van der Waals surface area contributed by atoms with Crippen LogP contribution in [0, 0.1) is 11.8 Å². The van der Waals surface area contributed by atoms with Gasteiger partial charge in [0, 0.05) is 40.3 Å². The predicted molar refractivity (Wildman–Crippen MR) is 124 cm³/mol. The van der Waals surface area contributed by atoms with Crippen molar-refractivity contribution in [1.29, 1.82) is 0 Å². The fraction of sp³-hybridized carbons (Fsp3) is 0.920. The van der Waals surface area contributed by atoms with Crippen molar-refractivity contribution in [3.8, 4) is 0 Å². The number of carbonyl (C=O) groups is 2. The molecule has 0 bridgehead atoms. The highest BCUT2D eigenvalue weighted by molar-refractivity contribution is 5.69. The van der Waals surface area contributed by atoms with Gasteiger partial charge in [0.2, 0.25) is 0 Å². The molecule has 184 valence electrons. The minimum Gasteiger partial charge on any atom is -0.465 e. The number of unbranched alkanes of at least 4 members (excludes halogenated alkanes) is 4. The van der Waals surface area contributed by atoms with E-state index >= 15 is 0 Å². The molecule has 0 saturated heterocycles. The van der Waals surface area contributed by atoms with E-state index in [9.17, 15) is 9.59 Å². The van der Waals surface area contributed by atoms with Crippen molar-refractivity contribution in [2.75, 3.05) is 40.6 Å². The zero-order valence-electron chi connectivity index (χ0n) is 20.6. The molecule has 0 rings (SSSR count). The smallest absolute Gasteiger partial charge is 0.305 e. The predicted octanol–water partition coefficient (Wildman–Crippen LogP) is 5.71. The molecule has 0 fully saturated rings. The summed E-state index contributed by atoms with van der Waals surface area (Å²) in [5.74, 6) is 0.476. The number of hydrogen-bond donors (Lipinski definition) is 0. The molecule has 0 saturated carbocycles. The molecule has 0 heterocycles. The van der Waals surface area contributed by atoms with Gasteiger partial charge in [0.15, 0.2) is 0 Å². The van der Waals surface area contributed by atoms with Crippen molar-refractivity contribution in [3.05, 3.63) is 0 Å². The van der Waals surface area contributed by atoms with Crippen LogP contribution in [-0.2, 0) is 28.5 Å². The highest BCUT2D eigenvalue weighted by Gasteiger charge is 2.13. The Hall–Kier alpha value is -1.14. The molecule has 0 amide bonds. The van der Waals surface area contributed by atoms with Crippen LogP contribution in [0.2, 0.25) is 0 Å². The molecule has 0 spiro atoms. The Morgan fingerprint density at radius 3 is 1.39 bits per heavy atom. The standard InChI is InChI=1S/C25H48O6/c1-5-7-12-22(16-18-28-3)20-30-24(26)14-10-9-11-15-25(27)31-21-23(13-8-6-2)17-19-29-4/h22-23H,5-21H2,1-4H3. The van der Waals surface area contributed by atoms with E-state index in [1.165, 1.54) is 0 Å². The lowest BCUT2D eigenvalue weighted by Gasteiger charge is -2.16. The zero-order chi connectivity index (χ0) is 23.2. The lowest BCUT2D eigenvalue weighted by atomic mass is 10.00. The van der Waals surface area contributed by atoms with E-state index in [1.54, 1.807) is 14.2 Å². The van der Waals surface area contributed by atoms with Gasteiger partial charge < -0.3 is 18.9 Å². The van der Waals surface area contributed by atoms with Crippen LogP contribution in [0.1, 0.15) is 97.3 Å². The van der Waals surface area contributed by atoms with Crippen molar-refractivity contribution < 1.29 is 28.5 Å². The summed E-state index contributed by atoms with van der Waals surface area (Å²) in [6.07, 6.45) is 11.7. The number of carbonyl (C=O) groups excluding carboxylic acids is 2. The van der Waals surface area contributed by atoms with E-state index in [-0.39, 0.29) is 11.9 Å². The van der Waals surface area contributed by atoms with Gasteiger partial charge in [-0.3, -0.25) is 9.59 Å². The van der Waals surface area contributed by atoms with E-state index < -0.39 is 0 Å². The molecule has 0 aromatic heterocycles. The maximum absolute atomic E-state index is 12.0. The first kappa shape index (κ1) is 29.9. The highest BCUT2D eigenvalue weighted by atomic mass is 16.5. The van der Waals surface area contributed by atoms with Crippen LogP contribution in [0.25, 0.3) is 0 Å². The van der Waals surface area contributed by atoms with Crippen molar-refractivity contribution in [2.45, 2.75) is 97.3 Å². The Morgan fingerprint density at radius 1 is 0.613 bits per heavy atom. The molecule has 0 aromatic carbocycles. The van der Waals surface area contributed by atoms with Crippen LogP contribution in [0.15, 0.2) is 0 Å². The quantitative estimate of drug-likeness (QED) is 0.157. The third-order valence-electron chi connectivity index (χ3n) is 5.61. The van der Waals surface area contributed by atoms with E-state index in [0.29, 0.717) is 51.1 Å². The van der Waals surface area contributed by atoms with E-state index in [0.717, 1.165) is 70.6 Å². The van der Waals surface area contributed by atoms with Crippen LogP contribution in [-0.4, -0.2) is 52.6 Å². The Labute approximate surface area is 190 Å². The first-order valence-corrected chi connectivity index (χ1v) is 12.4. The van der Waals surface area contributed by atoms with Crippen LogP contribution in [0.5, 0.6) is 0 Å². The minimum absolute atomic E-state index is 0.140. The normalized spacial score (nSPS) is 13.0. The summed E-state index contributed by atoms with van der Waals surface area (Å²) < 4.78 is 21.2. The van der Waals surface area contributed by atoms with Gasteiger partial charge in [-0.15, -0.1) is 0 Å². The molecular weight excluding hydrogens is 396 g/mol. The average Bonchev–Trinajstić information content (AvgIpc) is 2.77. The van der Waals surface area contributed by atoms with Crippen molar-refractivity contribution >= 4 is 11.9 Å². The largest absolute Gasteiger partial charge is 0.465 e. The second-order valence-corrected chi connectivity index (χ2v) is 8.51. The van der Waals surface area contributed by atoms with E-state index in [1.807, 2.05) is 0 Å². The lowest BCUT2D eigenvalue weighted by Crippen LogP contribution is -2.16. The first-order chi connectivity index (χ1) is 15.1. The summed E-state index contributed by atoms with van der Waals surface area (Å²) in [4.78, 5) is 24.0. The summed E-state index contributed by atoms with van der Waals surface area (Å²) in [6.45, 7) is 6.71. The van der Waals surface area contributed by atoms with Gasteiger partial charge in [-0.1, -0.05) is 46.0 Å². The number of esters is 2. The summed E-state index contributed by atoms with van der Waals surface area (Å²) >= 11 is 0. The van der Waals surface area contributed by atoms with Crippen LogP contribution < -0.4 is 0 Å². The third-order valence-corrected chi connectivity index (χ3v) is 5.61. The van der Waals surface area contributed by atoms with E-state index in [4.69, 9.17) is 18.9 Å². The van der Waals surface area contributed by atoms with Gasteiger partial charge in [-0.25, -0.2) is 0 Å². The van der Waals surface area contributed by atoms with Gasteiger partial charge >= 0.3 is 11.9 Å². The van der Waals surface area contributed by atoms with Crippen molar-refractivity contribution in [2.24, 2.45) is 11.8 Å². The number of methoxy groups -OCH3 is 2. The molecule has 0 radical (unpaired) electrons. The molecule has 2 atom stereocenters. The molecular formula is C25H48O6. The summed E-state index contributed by atoms with van der Waals surface area (Å²) in [7, 11) is 3.40. The summed E-state index contributed by atoms with van der Waals surface area (Å²) in [6, 6.07) is 0. The summed E-state index contributed by atoms with van der Waals surface area (Å²) in [5, 5.41) is 0.